The first-order valence-electron chi connectivity index (χ1n) is 18.9. The van der Waals surface area contributed by atoms with Gasteiger partial charge >= 0.3 is 18.2 Å². The SMILES string of the molecule is CC[C@H]1OC(=O)[C@H](C)[C@@H](OC(=O)N(C)c2ccccc2)[C@H](C)[C@@H](O[C@@H]2O[C@H](C)C[C@H](N(C)C)[C@H]2O)[C@](C)(O)C[C@@H](C)CN(C)[C@H](C)[C@H]2OC(=O)O[C@@]21C. The van der Waals surface area contributed by atoms with Gasteiger partial charge in [-0.25, -0.2) is 9.59 Å². The average Bonchev–Trinajstić information content (AvgIpc) is 3.41. The van der Waals surface area contributed by atoms with Crippen molar-refractivity contribution in [2.24, 2.45) is 17.8 Å². The van der Waals surface area contributed by atoms with Crippen LogP contribution in [0.25, 0.3) is 0 Å². The molecule has 3 heterocycles. The van der Waals surface area contributed by atoms with E-state index in [1.807, 2.05) is 64.7 Å². The van der Waals surface area contributed by atoms with Gasteiger partial charge in [-0.05, 0) is 93.1 Å². The van der Waals surface area contributed by atoms with Crippen LogP contribution >= 0.6 is 0 Å². The lowest BCUT2D eigenvalue weighted by molar-refractivity contribution is -0.299. The highest BCUT2D eigenvalue weighted by Crippen LogP contribution is 2.40. The number of benzene rings is 1. The van der Waals surface area contributed by atoms with Crippen molar-refractivity contribution in [1.82, 2.24) is 9.80 Å². The van der Waals surface area contributed by atoms with E-state index >= 15 is 0 Å². The fraction of sp³-hybridized carbons (Fsp3) is 0.769. The summed E-state index contributed by atoms with van der Waals surface area (Å²) in [6.45, 7) is 14.9. The number of likely N-dealkylation sites (N-methyl/N-ethyl adjacent to an activating group) is 2. The van der Waals surface area contributed by atoms with Crippen LogP contribution in [0.15, 0.2) is 30.3 Å². The topological polar surface area (TPSA) is 157 Å². The van der Waals surface area contributed by atoms with E-state index in [9.17, 15) is 24.6 Å². The minimum Gasteiger partial charge on any atom is -0.458 e. The molecule has 300 valence electrons. The molecule has 4 rings (SSSR count). The largest absolute Gasteiger partial charge is 0.509 e. The molecular weight excluding hydrogens is 686 g/mol. The van der Waals surface area contributed by atoms with Gasteiger partial charge in [-0.15, -0.1) is 0 Å². The molecule has 0 saturated carbocycles. The molecule has 14 heteroatoms. The second-order valence-electron chi connectivity index (χ2n) is 16.3. The summed E-state index contributed by atoms with van der Waals surface area (Å²) < 4.78 is 36.8. The molecule has 1 aromatic carbocycles. The van der Waals surface area contributed by atoms with Gasteiger partial charge in [0.2, 0.25) is 0 Å². The zero-order chi connectivity index (χ0) is 39.6. The summed E-state index contributed by atoms with van der Waals surface area (Å²) in [5.41, 5.74) is -2.35. The van der Waals surface area contributed by atoms with Crippen LogP contribution in [-0.4, -0.2) is 139 Å². The van der Waals surface area contributed by atoms with Gasteiger partial charge < -0.3 is 43.5 Å². The minimum absolute atomic E-state index is 0.140. The number of amides is 1. The molecule has 1 amide bonds. The highest BCUT2D eigenvalue weighted by Gasteiger charge is 2.58. The summed E-state index contributed by atoms with van der Waals surface area (Å²) in [4.78, 5) is 46.1. The predicted molar refractivity (Wildman–Crippen MR) is 197 cm³/mol. The number of aliphatic hydroxyl groups excluding tert-OH is 1. The Morgan fingerprint density at radius 2 is 1.68 bits per heavy atom. The molecule has 0 unspecified atom stereocenters. The van der Waals surface area contributed by atoms with Gasteiger partial charge in [0.25, 0.3) is 0 Å². The Kier molecular flexibility index (Phi) is 13.9. The lowest BCUT2D eigenvalue weighted by Gasteiger charge is -2.47. The first kappa shape index (κ1) is 42.7. The van der Waals surface area contributed by atoms with Crippen molar-refractivity contribution in [3.63, 3.8) is 0 Å². The number of rotatable bonds is 6. The van der Waals surface area contributed by atoms with E-state index in [0.29, 0.717) is 25.1 Å². The van der Waals surface area contributed by atoms with Gasteiger partial charge in [0, 0.05) is 37.3 Å². The number of cyclic esters (lactones) is 1. The lowest BCUT2D eigenvalue weighted by Crippen LogP contribution is -2.59. The van der Waals surface area contributed by atoms with Crippen molar-refractivity contribution in [2.75, 3.05) is 39.6 Å². The molecule has 0 radical (unpaired) electrons. The first-order chi connectivity index (χ1) is 24.7. The van der Waals surface area contributed by atoms with E-state index in [2.05, 4.69) is 0 Å². The number of hydrogen-bond acceptors (Lipinski definition) is 13. The van der Waals surface area contributed by atoms with Gasteiger partial charge in [-0.3, -0.25) is 14.6 Å². The Bertz CT molecular complexity index is 1400. The number of esters is 1. The third kappa shape index (κ3) is 9.45. The number of ether oxygens (including phenoxy) is 6. The molecule has 53 heavy (non-hydrogen) atoms. The quantitative estimate of drug-likeness (QED) is 0.311. The van der Waals surface area contributed by atoms with E-state index in [0.717, 1.165) is 0 Å². The summed E-state index contributed by atoms with van der Waals surface area (Å²) in [5.74, 6) is -2.79. The molecule has 3 aliphatic heterocycles. The van der Waals surface area contributed by atoms with Crippen molar-refractivity contribution < 1.29 is 53.0 Å². The molecule has 3 aliphatic rings. The van der Waals surface area contributed by atoms with Crippen molar-refractivity contribution in [1.29, 1.82) is 0 Å². The van der Waals surface area contributed by atoms with Crippen molar-refractivity contribution in [3.8, 4) is 0 Å². The van der Waals surface area contributed by atoms with Crippen LogP contribution in [0.3, 0.4) is 0 Å². The number of carbonyl (C=O) groups excluding carboxylic acids is 3. The van der Waals surface area contributed by atoms with Crippen LogP contribution < -0.4 is 4.90 Å². The maximum absolute atomic E-state index is 14.3. The Labute approximate surface area is 314 Å². The van der Waals surface area contributed by atoms with Crippen LogP contribution in [-0.2, 0) is 33.2 Å². The van der Waals surface area contributed by atoms with Gasteiger partial charge in [-0.2, -0.15) is 0 Å². The molecule has 3 saturated heterocycles. The van der Waals surface area contributed by atoms with Crippen LogP contribution in [0.2, 0.25) is 0 Å². The van der Waals surface area contributed by atoms with Gasteiger partial charge in [-0.1, -0.05) is 39.0 Å². The van der Waals surface area contributed by atoms with Crippen molar-refractivity contribution >= 4 is 23.9 Å². The molecular formula is C39H63N3O11. The van der Waals surface area contributed by atoms with Gasteiger partial charge in [0.05, 0.1) is 23.7 Å². The maximum Gasteiger partial charge on any atom is 0.509 e. The van der Waals surface area contributed by atoms with E-state index in [-0.39, 0.29) is 30.5 Å². The van der Waals surface area contributed by atoms with E-state index in [1.54, 1.807) is 59.0 Å². The molecule has 0 spiro atoms. The zero-order valence-electron chi connectivity index (χ0n) is 33.6. The van der Waals surface area contributed by atoms with Gasteiger partial charge in [0.15, 0.2) is 18.0 Å². The highest BCUT2D eigenvalue weighted by molar-refractivity contribution is 5.87. The number of nitrogens with zero attached hydrogens (tertiary/aromatic N) is 3. The summed E-state index contributed by atoms with van der Waals surface area (Å²) in [7, 11) is 7.22. The van der Waals surface area contributed by atoms with Crippen LogP contribution in [0.5, 0.6) is 0 Å². The number of fused-ring (bicyclic) bond motifs is 1. The molecule has 0 aliphatic carbocycles. The number of aliphatic hydroxyl groups is 2. The smallest absolute Gasteiger partial charge is 0.458 e. The van der Waals surface area contributed by atoms with Gasteiger partial charge in [0.1, 0.15) is 18.3 Å². The Morgan fingerprint density at radius 3 is 2.28 bits per heavy atom. The molecule has 14 nitrogen and oxygen atoms in total. The second kappa shape index (κ2) is 17.2. The first-order valence-corrected chi connectivity index (χ1v) is 18.9. The van der Waals surface area contributed by atoms with Crippen LogP contribution in [0, 0.1) is 17.8 Å². The average molecular weight is 750 g/mol. The third-order valence-corrected chi connectivity index (χ3v) is 11.5. The molecule has 1 aromatic rings. The molecule has 2 N–H and O–H groups in total. The number of para-hydroxylation sites is 1. The molecule has 0 bridgehead atoms. The second-order valence-corrected chi connectivity index (χ2v) is 16.3. The summed E-state index contributed by atoms with van der Waals surface area (Å²) in [6, 6.07) is 8.28. The van der Waals surface area contributed by atoms with E-state index in [4.69, 9.17) is 28.4 Å². The number of carbonyl (C=O) groups is 3. The summed E-state index contributed by atoms with van der Waals surface area (Å²) in [5, 5.41) is 24.0. The Morgan fingerprint density at radius 1 is 1.04 bits per heavy atom. The molecule has 0 aromatic heterocycles. The zero-order valence-corrected chi connectivity index (χ0v) is 33.6. The normalized spacial score (nSPS) is 40.6. The molecule has 14 atom stereocenters. The predicted octanol–water partition coefficient (Wildman–Crippen LogP) is 4.44. The number of anilines is 1. The Hall–Kier alpha value is -3.01. The monoisotopic (exact) mass is 749 g/mol. The van der Waals surface area contributed by atoms with Crippen LogP contribution in [0.1, 0.15) is 74.7 Å². The standard InChI is InChI=1S/C39H63N3O11/c1-13-29-39(8)33(52-37(46)53-39)26(6)41(11)21-22(2)20-38(7,47)32(51-35-30(43)28(40(9)10)19-23(3)48-35)24(4)31(25(5)34(44)49-29)50-36(45)42(12)27-17-15-14-16-18-27/h14-18,22-26,28-33,35,43,47H,13,19-21H2,1-12H3/t22-,23-,24+,25-,26-,28+,29-,30-,31+,32-,33-,35+,38-,39-/m1/s1. The number of hydrogen-bond donors (Lipinski definition) is 2. The highest BCUT2D eigenvalue weighted by atomic mass is 16.8. The minimum atomic E-state index is -1.59. The third-order valence-electron chi connectivity index (χ3n) is 11.5. The van der Waals surface area contributed by atoms with E-state index in [1.165, 1.54) is 4.90 Å². The Balaban J connectivity index is 1.82. The maximum atomic E-state index is 14.3. The molecule has 3 fully saturated rings. The van der Waals surface area contributed by atoms with Crippen molar-refractivity contribution in [3.05, 3.63) is 30.3 Å². The lowest BCUT2D eigenvalue weighted by atomic mass is 9.77. The fourth-order valence-corrected chi connectivity index (χ4v) is 8.50. The van der Waals surface area contributed by atoms with E-state index < -0.39 is 78.1 Å². The fourth-order valence-electron chi connectivity index (χ4n) is 8.50. The van der Waals surface area contributed by atoms with Crippen molar-refractivity contribution in [2.45, 2.75) is 141 Å². The summed E-state index contributed by atoms with van der Waals surface area (Å²) in [6.07, 6.45) is -6.97. The van der Waals surface area contributed by atoms with Crippen LogP contribution in [0.4, 0.5) is 15.3 Å². The summed E-state index contributed by atoms with van der Waals surface area (Å²) >= 11 is 0.